The molecule has 0 amide bonds. The molecular weight excluding hydrogens is 115 g/mol. The maximum absolute atomic E-state index is 4.99. The maximum atomic E-state index is 4.99. The zero-order valence-corrected chi connectivity index (χ0v) is 6.46. The molecule has 0 aliphatic carbocycles. The van der Waals surface area contributed by atoms with Crippen LogP contribution in [0.25, 0.3) is 0 Å². The Kier molecular flexibility index (Phi) is 3.85. The third kappa shape index (κ3) is 2.84. The minimum Gasteiger partial charge on any atom is -0.422 e. The lowest BCUT2D eigenvalue weighted by Gasteiger charge is -2.29. The highest BCUT2D eigenvalue weighted by molar-refractivity contribution is 5.98. The number of hydrogen-bond donors (Lipinski definition) is 0. The van der Waals surface area contributed by atoms with Crippen LogP contribution in [0.4, 0.5) is 0 Å². The predicted octanol–water partition coefficient (Wildman–Crippen LogP) is -0.507. The van der Waals surface area contributed by atoms with Crippen molar-refractivity contribution in [2.24, 2.45) is 0 Å². The van der Waals surface area contributed by atoms with Gasteiger partial charge in [0.15, 0.2) is 6.35 Å². The third-order valence-electron chi connectivity index (χ3n) is 1.01. The van der Waals surface area contributed by atoms with Gasteiger partial charge in [-0.05, 0) is 28.2 Å². The molecular formula is C5H13BN2O. The molecule has 9 heavy (non-hydrogen) atoms. The van der Waals surface area contributed by atoms with E-state index in [0.29, 0.717) is 0 Å². The summed E-state index contributed by atoms with van der Waals surface area (Å²) in [6.07, 6.45) is -0.134. The lowest BCUT2D eigenvalue weighted by Crippen LogP contribution is -2.42. The van der Waals surface area contributed by atoms with E-state index in [1.165, 1.54) is 0 Å². The molecule has 0 aromatic rings. The van der Waals surface area contributed by atoms with Crippen molar-refractivity contribution in [3.8, 4) is 0 Å². The molecule has 52 valence electrons. The predicted molar refractivity (Wildman–Crippen MR) is 38.0 cm³/mol. The van der Waals surface area contributed by atoms with Crippen molar-refractivity contribution in [2.45, 2.75) is 6.35 Å². The molecule has 2 radical (unpaired) electrons. The fourth-order valence-electron chi connectivity index (χ4n) is 0.705. The van der Waals surface area contributed by atoms with Crippen LogP contribution in [0.5, 0.6) is 0 Å². The van der Waals surface area contributed by atoms with Crippen LogP contribution >= 0.6 is 0 Å². The first-order valence-corrected chi connectivity index (χ1v) is 2.78. The van der Waals surface area contributed by atoms with E-state index in [0.717, 1.165) is 0 Å². The highest BCUT2D eigenvalue weighted by Crippen LogP contribution is 1.94. The minimum absolute atomic E-state index is 0.134. The molecule has 0 aliphatic heterocycles. The van der Waals surface area contributed by atoms with E-state index in [-0.39, 0.29) is 6.35 Å². The van der Waals surface area contributed by atoms with E-state index in [1.54, 1.807) is 0 Å². The Bertz CT molecular complexity index is 69.4. The zero-order chi connectivity index (χ0) is 7.44. The van der Waals surface area contributed by atoms with E-state index in [2.05, 4.69) is 4.65 Å². The lowest BCUT2D eigenvalue weighted by atomic mass is 10.5. The van der Waals surface area contributed by atoms with Gasteiger partial charge in [0.25, 0.3) is 8.05 Å². The molecule has 4 heteroatoms. The Labute approximate surface area is 58.0 Å². The van der Waals surface area contributed by atoms with Crippen molar-refractivity contribution in [3.63, 3.8) is 0 Å². The van der Waals surface area contributed by atoms with Gasteiger partial charge in [-0.1, -0.05) is 0 Å². The van der Waals surface area contributed by atoms with Gasteiger partial charge in [0.1, 0.15) is 0 Å². The Balaban J connectivity index is 3.68. The van der Waals surface area contributed by atoms with Crippen LogP contribution in [0.2, 0.25) is 0 Å². The molecule has 0 saturated heterocycles. The van der Waals surface area contributed by atoms with Crippen LogP contribution in [0, 0.1) is 0 Å². The molecule has 0 fully saturated rings. The molecule has 0 heterocycles. The molecule has 0 aromatic heterocycles. The summed E-state index contributed by atoms with van der Waals surface area (Å²) in [6, 6.07) is 0. The first kappa shape index (κ1) is 8.94. The molecule has 0 saturated carbocycles. The molecule has 0 atom stereocenters. The van der Waals surface area contributed by atoms with Gasteiger partial charge in [-0.2, -0.15) is 0 Å². The summed E-state index contributed by atoms with van der Waals surface area (Å²) < 4.78 is 4.62. The number of nitrogens with zero attached hydrogens (tertiary/aromatic N) is 2. The van der Waals surface area contributed by atoms with Gasteiger partial charge in [0, 0.05) is 0 Å². The van der Waals surface area contributed by atoms with Crippen molar-refractivity contribution in [2.75, 3.05) is 28.2 Å². The quantitative estimate of drug-likeness (QED) is 0.376. The van der Waals surface area contributed by atoms with E-state index >= 15 is 0 Å². The van der Waals surface area contributed by atoms with Crippen LogP contribution in [0.3, 0.4) is 0 Å². The third-order valence-corrected chi connectivity index (χ3v) is 1.01. The second-order valence-corrected chi connectivity index (χ2v) is 2.39. The fraction of sp³-hybridized carbons (Fsp3) is 1.00. The van der Waals surface area contributed by atoms with Crippen LogP contribution in [0.15, 0.2) is 0 Å². The summed E-state index contributed by atoms with van der Waals surface area (Å²) >= 11 is 0. The average molecular weight is 128 g/mol. The van der Waals surface area contributed by atoms with E-state index in [1.807, 2.05) is 38.0 Å². The standard InChI is InChI=1S/C5H13BN2O/c1-7(2)5(9-6)8(3)4/h5H,1-4H3. The van der Waals surface area contributed by atoms with Gasteiger partial charge in [-0.15, -0.1) is 0 Å². The molecule has 0 rings (SSSR count). The largest absolute Gasteiger partial charge is 0.422 e. The molecule has 0 N–H and O–H groups in total. The number of rotatable bonds is 3. The van der Waals surface area contributed by atoms with Crippen LogP contribution in [0.1, 0.15) is 0 Å². The Morgan fingerprint density at radius 1 is 1.11 bits per heavy atom. The Hall–Kier alpha value is -0.0551. The molecule has 0 bridgehead atoms. The van der Waals surface area contributed by atoms with Gasteiger partial charge in [0.05, 0.1) is 0 Å². The van der Waals surface area contributed by atoms with Gasteiger partial charge < -0.3 is 4.65 Å². The number of hydrogen-bond acceptors (Lipinski definition) is 3. The summed E-state index contributed by atoms with van der Waals surface area (Å²) in [5.41, 5.74) is 0. The van der Waals surface area contributed by atoms with E-state index in [9.17, 15) is 0 Å². The summed E-state index contributed by atoms with van der Waals surface area (Å²) in [4.78, 5) is 3.75. The summed E-state index contributed by atoms with van der Waals surface area (Å²) in [6.45, 7) is 0. The summed E-state index contributed by atoms with van der Waals surface area (Å²) in [7, 11) is 12.6. The molecule has 0 aliphatic rings. The monoisotopic (exact) mass is 128 g/mol. The van der Waals surface area contributed by atoms with Crippen LogP contribution < -0.4 is 0 Å². The summed E-state index contributed by atoms with van der Waals surface area (Å²) in [5, 5.41) is 0. The SMILES string of the molecule is [B]OC(N(C)C)N(C)C. The molecule has 0 aromatic carbocycles. The molecule has 0 spiro atoms. The second kappa shape index (κ2) is 3.87. The highest BCUT2D eigenvalue weighted by atomic mass is 16.5. The fourth-order valence-corrected chi connectivity index (χ4v) is 0.705. The summed E-state index contributed by atoms with van der Waals surface area (Å²) in [5.74, 6) is 0. The van der Waals surface area contributed by atoms with Crippen LogP contribution in [-0.4, -0.2) is 52.4 Å². The average Bonchev–Trinajstić information content (AvgIpc) is 1.64. The van der Waals surface area contributed by atoms with Crippen molar-refractivity contribution in [3.05, 3.63) is 0 Å². The van der Waals surface area contributed by atoms with Crippen molar-refractivity contribution in [1.82, 2.24) is 9.80 Å². The first-order valence-electron chi connectivity index (χ1n) is 2.78. The van der Waals surface area contributed by atoms with Gasteiger partial charge >= 0.3 is 0 Å². The van der Waals surface area contributed by atoms with E-state index < -0.39 is 0 Å². The Morgan fingerprint density at radius 2 is 1.44 bits per heavy atom. The maximum Gasteiger partial charge on any atom is 0.286 e. The van der Waals surface area contributed by atoms with E-state index in [4.69, 9.17) is 8.05 Å². The normalized spacial score (nSPS) is 11.9. The first-order chi connectivity index (χ1) is 4.09. The molecule has 3 nitrogen and oxygen atoms in total. The highest BCUT2D eigenvalue weighted by Gasteiger charge is 2.09. The second-order valence-electron chi connectivity index (χ2n) is 2.39. The topological polar surface area (TPSA) is 15.7 Å². The van der Waals surface area contributed by atoms with Crippen molar-refractivity contribution >= 4 is 8.05 Å². The van der Waals surface area contributed by atoms with Crippen molar-refractivity contribution < 1.29 is 4.65 Å². The van der Waals surface area contributed by atoms with Gasteiger partial charge in [-0.3, -0.25) is 9.80 Å². The van der Waals surface area contributed by atoms with Crippen LogP contribution in [-0.2, 0) is 4.65 Å². The smallest absolute Gasteiger partial charge is 0.286 e. The minimum atomic E-state index is -0.134. The van der Waals surface area contributed by atoms with Crippen molar-refractivity contribution in [1.29, 1.82) is 0 Å². The Morgan fingerprint density at radius 3 is 1.44 bits per heavy atom. The molecule has 0 unspecified atom stereocenters. The zero-order valence-electron chi connectivity index (χ0n) is 6.46. The van der Waals surface area contributed by atoms with Gasteiger partial charge in [-0.25, -0.2) is 0 Å². The lowest BCUT2D eigenvalue weighted by molar-refractivity contribution is -0.0386. The van der Waals surface area contributed by atoms with Gasteiger partial charge in [0.2, 0.25) is 0 Å².